The zero-order valence-electron chi connectivity index (χ0n) is 13.3. The number of nitrogens with one attached hydrogen (secondary N) is 2. The second kappa shape index (κ2) is 7.40. The Labute approximate surface area is 147 Å². The molecule has 0 spiro atoms. The molecule has 2 aromatic carbocycles. The van der Waals surface area contributed by atoms with Crippen molar-refractivity contribution < 1.29 is 13.6 Å². The van der Waals surface area contributed by atoms with Crippen LogP contribution in [0.3, 0.4) is 0 Å². The Bertz CT molecular complexity index is 1010. The van der Waals surface area contributed by atoms with E-state index in [0.717, 1.165) is 12.1 Å². The van der Waals surface area contributed by atoms with Crippen LogP contribution in [0.5, 0.6) is 0 Å². The summed E-state index contributed by atoms with van der Waals surface area (Å²) in [6.07, 6.45) is 2.83. The monoisotopic (exact) mass is 350 g/mol. The van der Waals surface area contributed by atoms with Crippen LogP contribution < -0.4 is 10.6 Å². The van der Waals surface area contributed by atoms with E-state index in [9.17, 15) is 13.6 Å². The number of pyridine rings is 1. The van der Waals surface area contributed by atoms with Crippen molar-refractivity contribution in [2.75, 3.05) is 10.6 Å². The second-order valence-electron chi connectivity index (χ2n) is 5.36. The molecule has 0 atom stereocenters. The summed E-state index contributed by atoms with van der Waals surface area (Å²) in [5.41, 5.74) is 1.93. The van der Waals surface area contributed by atoms with Crippen LogP contribution in [-0.4, -0.2) is 10.9 Å². The molecule has 1 amide bonds. The molecule has 7 heteroatoms. The summed E-state index contributed by atoms with van der Waals surface area (Å²) < 4.78 is 26.3. The van der Waals surface area contributed by atoms with Crippen molar-refractivity contribution in [2.45, 2.75) is 0 Å². The van der Waals surface area contributed by atoms with Crippen LogP contribution in [0, 0.1) is 23.0 Å². The largest absolute Gasteiger partial charge is 0.354 e. The molecule has 0 bridgehead atoms. The van der Waals surface area contributed by atoms with Crippen molar-refractivity contribution in [2.24, 2.45) is 0 Å². The first-order valence-corrected chi connectivity index (χ1v) is 7.54. The zero-order chi connectivity index (χ0) is 18.5. The molecule has 1 aromatic heterocycles. The Morgan fingerprint density at radius 1 is 0.962 bits per heavy atom. The van der Waals surface area contributed by atoms with Gasteiger partial charge in [0.25, 0.3) is 5.91 Å². The summed E-state index contributed by atoms with van der Waals surface area (Å²) >= 11 is 0. The summed E-state index contributed by atoms with van der Waals surface area (Å²) in [5, 5.41) is 14.4. The lowest BCUT2D eigenvalue weighted by molar-refractivity contribution is 0.102. The lowest BCUT2D eigenvalue weighted by Gasteiger charge is -2.09. The molecule has 5 nitrogen and oxygen atoms in total. The van der Waals surface area contributed by atoms with Gasteiger partial charge in [0.1, 0.15) is 0 Å². The molecule has 0 aliphatic heterocycles. The number of carbonyl (C=O) groups excluding carboxylic acids is 1. The molecule has 0 saturated heterocycles. The SMILES string of the molecule is N#Cc1cccc(NC(=O)c2cncc(Nc3ccc(F)c(F)c3)c2)c1. The van der Waals surface area contributed by atoms with Gasteiger partial charge in [0.05, 0.1) is 29.1 Å². The highest BCUT2D eigenvalue weighted by atomic mass is 19.2. The van der Waals surface area contributed by atoms with Crippen LogP contribution in [0.25, 0.3) is 0 Å². The predicted octanol–water partition coefficient (Wildman–Crippen LogP) is 4.23. The third kappa shape index (κ3) is 3.99. The standard InChI is InChI=1S/C19H12F2N4O/c20-17-5-4-15(8-18(17)21)24-16-7-13(10-23-11-16)19(26)25-14-3-1-2-12(6-14)9-22/h1-8,10-11,24H,(H,25,26). The predicted molar refractivity (Wildman–Crippen MR) is 93.0 cm³/mol. The number of nitrogens with zero attached hydrogens (tertiary/aromatic N) is 2. The average molecular weight is 350 g/mol. The number of aromatic nitrogens is 1. The van der Waals surface area contributed by atoms with Gasteiger partial charge in [-0.3, -0.25) is 9.78 Å². The number of hydrogen-bond acceptors (Lipinski definition) is 4. The number of rotatable bonds is 4. The highest BCUT2D eigenvalue weighted by molar-refractivity contribution is 6.04. The van der Waals surface area contributed by atoms with Gasteiger partial charge in [-0.25, -0.2) is 8.78 Å². The molecule has 0 radical (unpaired) electrons. The lowest BCUT2D eigenvalue weighted by atomic mass is 10.2. The molecule has 0 aliphatic rings. The van der Waals surface area contributed by atoms with Crippen LogP contribution in [0.15, 0.2) is 60.9 Å². The Morgan fingerprint density at radius 2 is 1.81 bits per heavy atom. The van der Waals surface area contributed by atoms with Crippen LogP contribution >= 0.6 is 0 Å². The summed E-state index contributed by atoms with van der Waals surface area (Å²) in [6.45, 7) is 0. The van der Waals surface area contributed by atoms with Gasteiger partial charge in [0.15, 0.2) is 11.6 Å². The average Bonchev–Trinajstić information content (AvgIpc) is 2.65. The Morgan fingerprint density at radius 3 is 2.58 bits per heavy atom. The van der Waals surface area contributed by atoms with Crippen molar-refractivity contribution >= 4 is 23.0 Å². The topological polar surface area (TPSA) is 77.8 Å². The van der Waals surface area contributed by atoms with Gasteiger partial charge in [0, 0.05) is 23.6 Å². The zero-order valence-corrected chi connectivity index (χ0v) is 13.3. The van der Waals surface area contributed by atoms with Crippen molar-refractivity contribution in [3.05, 3.63) is 83.7 Å². The first-order valence-electron chi connectivity index (χ1n) is 7.54. The maximum atomic E-state index is 13.3. The van der Waals surface area contributed by atoms with Gasteiger partial charge < -0.3 is 10.6 Å². The quantitative estimate of drug-likeness (QED) is 0.738. The molecule has 1 heterocycles. The fourth-order valence-corrected chi connectivity index (χ4v) is 2.24. The van der Waals surface area contributed by atoms with Gasteiger partial charge in [0.2, 0.25) is 0 Å². The summed E-state index contributed by atoms with van der Waals surface area (Å²) in [4.78, 5) is 16.3. The minimum Gasteiger partial charge on any atom is -0.354 e. The molecule has 0 fully saturated rings. The van der Waals surface area contributed by atoms with Crippen LogP contribution in [0.2, 0.25) is 0 Å². The molecule has 128 valence electrons. The Kier molecular flexibility index (Phi) is 4.85. The minimum atomic E-state index is -0.978. The van der Waals surface area contributed by atoms with Gasteiger partial charge in [-0.2, -0.15) is 5.26 Å². The molecule has 0 saturated carbocycles. The molecular weight excluding hydrogens is 338 g/mol. The van der Waals surface area contributed by atoms with E-state index in [1.54, 1.807) is 24.3 Å². The van der Waals surface area contributed by atoms with Gasteiger partial charge in [-0.15, -0.1) is 0 Å². The fourth-order valence-electron chi connectivity index (χ4n) is 2.24. The summed E-state index contributed by atoms with van der Waals surface area (Å²) in [6, 6.07) is 13.4. The number of benzene rings is 2. The number of halogens is 2. The van der Waals surface area contributed by atoms with Crippen LogP contribution in [-0.2, 0) is 0 Å². The number of nitriles is 1. The van der Waals surface area contributed by atoms with E-state index in [1.165, 1.54) is 24.5 Å². The molecule has 3 rings (SSSR count). The van der Waals surface area contributed by atoms with Crippen molar-refractivity contribution in [3.63, 3.8) is 0 Å². The summed E-state index contributed by atoms with van der Waals surface area (Å²) in [5.74, 6) is -2.34. The number of amides is 1. The molecule has 3 aromatic rings. The van der Waals surface area contributed by atoms with Crippen molar-refractivity contribution in [1.29, 1.82) is 5.26 Å². The van der Waals surface area contributed by atoms with E-state index >= 15 is 0 Å². The first-order chi connectivity index (χ1) is 12.5. The number of carbonyl (C=O) groups is 1. The van der Waals surface area contributed by atoms with E-state index in [2.05, 4.69) is 15.6 Å². The van der Waals surface area contributed by atoms with Crippen LogP contribution in [0.4, 0.5) is 25.8 Å². The van der Waals surface area contributed by atoms with E-state index in [0.29, 0.717) is 22.6 Å². The molecular formula is C19H12F2N4O. The lowest BCUT2D eigenvalue weighted by Crippen LogP contribution is -2.12. The molecule has 2 N–H and O–H groups in total. The molecule has 0 aliphatic carbocycles. The van der Waals surface area contributed by atoms with E-state index < -0.39 is 17.5 Å². The first kappa shape index (κ1) is 17.0. The minimum absolute atomic E-state index is 0.264. The van der Waals surface area contributed by atoms with Crippen molar-refractivity contribution in [1.82, 2.24) is 4.98 Å². The smallest absolute Gasteiger partial charge is 0.257 e. The van der Waals surface area contributed by atoms with E-state index in [1.807, 2.05) is 6.07 Å². The normalized spacial score (nSPS) is 10.0. The molecule has 26 heavy (non-hydrogen) atoms. The van der Waals surface area contributed by atoms with E-state index in [4.69, 9.17) is 5.26 Å². The van der Waals surface area contributed by atoms with Gasteiger partial charge in [-0.1, -0.05) is 6.07 Å². The third-order valence-corrected chi connectivity index (χ3v) is 3.46. The number of anilines is 3. The van der Waals surface area contributed by atoms with Gasteiger partial charge >= 0.3 is 0 Å². The van der Waals surface area contributed by atoms with Crippen LogP contribution in [0.1, 0.15) is 15.9 Å². The fraction of sp³-hybridized carbons (Fsp3) is 0. The summed E-state index contributed by atoms with van der Waals surface area (Å²) in [7, 11) is 0. The van der Waals surface area contributed by atoms with E-state index in [-0.39, 0.29) is 5.56 Å². The third-order valence-electron chi connectivity index (χ3n) is 3.46. The highest BCUT2D eigenvalue weighted by Gasteiger charge is 2.09. The number of hydrogen-bond donors (Lipinski definition) is 2. The Hall–Kier alpha value is -3.79. The van der Waals surface area contributed by atoms with Crippen molar-refractivity contribution in [3.8, 4) is 6.07 Å². The van der Waals surface area contributed by atoms with Gasteiger partial charge in [-0.05, 0) is 36.4 Å². The highest BCUT2D eigenvalue weighted by Crippen LogP contribution is 2.20. The maximum absolute atomic E-state index is 13.3. The molecule has 0 unspecified atom stereocenters. The Balaban J connectivity index is 1.76. The maximum Gasteiger partial charge on any atom is 0.257 e. The second-order valence-corrected chi connectivity index (χ2v) is 5.36.